The van der Waals surface area contributed by atoms with Gasteiger partial charge in [-0.2, -0.15) is 0 Å². The van der Waals surface area contributed by atoms with Crippen molar-refractivity contribution in [1.82, 2.24) is 9.97 Å². The minimum atomic E-state index is 0.0311. The zero-order valence-electron chi connectivity index (χ0n) is 24.3. The van der Waals surface area contributed by atoms with E-state index in [1.807, 2.05) is 0 Å². The molecule has 37 heavy (non-hydrogen) atoms. The Balaban J connectivity index is 1.93. The highest BCUT2D eigenvalue weighted by atomic mass is 14.9. The van der Waals surface area contributed by atoms with Crippen LogP contribution < -0.4 is 0 Å². The average Bonchev–Trinajstić information content (AvgIpc) is 3.34. The van der Waals surface area contributed by atoms with Crippen molar-refractivity contribution in [1.29, 1.82) is 0 Å². The topological polar surface area (TPSA) is 28.7 Å². The van der Waals surface area contributed by atoms with Crippen molar-refractivity contribution < 1.29 is 0 Å². The van der Waals surface area contributed by atoms with Gasteiger partial charge in [-0.25, -0.2) is 4.98 Å². The molecule has 0 atom stereocenters. The second kappa shape index (κ2) is 9.97. The molecule has 0 amide bonds. The third kappa shape index (κ3) is 5.44. The Hall–Kier alpha value is -3.13. The van der Waals surface area contributed by atoms with E-state index in [1.54, 1.807) is 0 Å². The molecule has 0 spiro atoms. The molecular formula is C35H44N2. The van der Waals surface area contributed by atoms with Gasteiger partial charge in [-0.05, 0) is 45.8 Å². The molecule has 0 saturated carbocycles. The molecule has 2 heteroatoms. The maximum absolute atomic E-state index is 5.26. The largest absolute Gasteiger partial charge is 0.337 e. The summed E-state index contributed by atoms with van der Waals surface area (Å²) in [4.78, 5) is 9.03. The maximum Gasteiger partial charge on any atom is 0.138 e. The van der Waals surface area contributed by atoms with E-state index in [4.69, 9.17) is 4.98 Å². The predicted molar refractivity (Wildman–Crippen MR) is 160 cm³/mol. The predicted octanol–water partition coefficient (Wildman–Crippen LogP) is 10.1. The van der Waals surface area contributed by atoms with E-state index in [1.165, 1.54) is 22.3 Å². The van der Waals surface area contributed by atoms with Crippen LogP contribution in [0.25, 0.3) is 33.9 Å². The monoisotopic (exact) mass is 492 g/mol. The van der Waals surface area contributed by atoms with E-state index >= 15 is 0 Å². The van der Waals surface area contributed by atoms with Crippen molar-refractivity contribution in [3.63, 3.8) is 0 Å². The molecular weight excluding hydrogens is 448 g/mol. The summed E-state index contributed by atoms with van der Waals surface area (Å²) >= 11 is 0. The van der Waals surface area contributed by atoms with Gasteiger partial charge in [0.15, 0.2) is 0 Å². The fourth-order valence-corrected chi connectivity index (χ4v) is 4.78. The fraction of sp³-hybridized carbons (Fsp3) is 0.400. The van der Waals surface area contributed by atoms with E-state index in [9.17, 15) is 0 Å². The smallest absolute Gasteiger partial charge is 0.138 e. The zero-order chi connectivity index (χ0) is 27.0. The van der Waals surface area contributed by atoms with Crippen LogP contribution in [0.4, 0.5) is 0 Å². The van der Waals surface area contributed by atoms with Crippen molar-refractivity contribution in [2.45, 2.75) is 91.4 Å². The molecule has 2 nitrogen and oxygen atoms in total. The van der Waals surface area contributed by atoms with Crippen molar-refractivity contribution >= 4 is 0 Å². The van der Waals surface area contributed by atoms with Crippen LogP contribution in [0.5, 0.6) is 0 Å². The zero-order valence-corrected chi connectivity index (χ0v) is 24.3. The molecule has 0 fully saturated rings. The maximum atomic E-state index is 5.26. The summed E-state index contributed by atoms with van der Waals surface area (Å²) in [6.45, 7) is 20.7. The fourth-order valence-electron chi connectivity index (χ4n) is 4.78. The van der Waals surface area contributed by atoms with Crippen LogP contribution in [0.15, 0.2) is 72.8 Å². The van der Waals surface area contributed by atoms with Gasteiger partial charge in [-0.15, -0.1) is 0 Å². The normalized spacial score (nSPS) is 12.7. The van der Waals surface area contributed by atoms with Gasteiger partial charge in [-0.1, -0.05) is 135 Å². The number of aromatic amines is 1. The summed E-state index contributed by atoms with van der Waals surface area (Å²) in [6.07, 6.45) is 2.16. The highest BCUT2D eigenvalue weighted by Crippen LogP contribution is 2.41. The van der Waals surface area contributed by atoms with Gasteiger partial charge < -0.3 is 4.98 Å². The van der Waals surface area contributed by atoms with E-state index in [2.05, 4.69) is 140 Å². The summed E-state index contributed by atoms with van der Waals surface area (Å²) < 4.78 is 0. The van der Waals surface area contributed by atoms with E-state index in [0.29, 0.717) is 0 Å². The van der Waals surface area contributed by atoms with Gasteiger partial charge in [-0.3, -0.25) is 0 Å². The minimum Gasteiger partial charge on any atom is -0.337 e. The molecule has 1 N–H and O–H groups in total. The molecule has 3 aromatic carbocycles. The van der Waals surface area contributed by atoms with Crippen molar-refractivity contribution in [2.75, 3.05) is 0 Å². The van der Waals surface area contributed by atoms with Gasteiger partial charge in [0.05, 0.1) is 11.4 Å². The Morgan fingerprint density at radius 2 is 1.24 bits per heavy atom. The lowest BCUT2D eigenvalue weighted by molar-refractivity contribution is 0.489. The van der Waals surface area contributed by atoms with Crippen LogP contribution in [0, 0.1) is 0 Å². The third-order valence-electron chi connectivity index (χ3n) is 8.34. The number of hydrogen-bond donors (Lipinski definition) is 1. The highest BCUT2D eigenvalue weighted by Gasteiger charge is 2.28. The van der Waals surface area contributed by atoms with Gasteiger partial charge in [0.25, 0.3) is 0 Å². The first-order chi connectivity index (χ1) is 17.4. The summed E-state index contributed by atoms with van der Waals surface area (Å²) in [5.41, 5.74) is 9.91. The van der Waals surface area contributed by atoms with Crippen LogP contribution in [-0.2, 0) is 16.2 Å². The van der Waals surface area contributed by atoms with Crippen LogP contribution in [0.3, 0.4) is 0 Å². The van der Waals surface area contributed by atoms with Crippen molar-refractivity contribution in [2.24, 2.45) is 0 Å². The van der Waals surface area contributed by atoms with E-state index in [-0.39, 0.29) is 16.2 Å². The molecule has 0 bridgehead atoms. The van der Waals surface area contributed by atoms with Crippen LogP contribution in [0.2, 0.25) is 0 Å². The lowest BCUT2D eigenvalue weighted by Gasteiger charge is -2.30. The molecule has 1 heterocycles. The lowest BCUT2D eigenvalue weighted by atomic mass is 9.75. The van der Waals surface area contributed by atoms with Crippen molar-refractivity contribution in [3.05, 3.63) is 89.5 Å². The Bertz CT molecular complexity index is 1350. The standard InChI is InChI=1S/C35H44N2/c1-10-34(6,7)27-21-22-28(29(23-27)35(8,9)11-2)32-36-30(24-15-13-12-14-16-24)31(37-32)25-17-19-26(20-18-25)33(3,4)5/h12-23H,10-11H2,1-9H3,(H,36,37). The Labute approximate surface area is 224 Å². The van der Waals surface area contributed by atoms with Gasteiger partial charge >= 0.3 is 0 Å². The summed E-state index contributed by atoms with van der Waals surface area (Å²) in [7, 11) is 0. The van der Waals surface area contributed by atoms with Crippen LogP contribution in [0.1, 0.15) is 91.8 Å². The molecule has 0 aliphatic carbocycles. The third-order valence-corrected chi connectivity index (χ3v) is 8.34. The number of benzene rings is 3. The summed E-state index contributed by atoms with van der Waals surface area (Å²) in [6, 6.07) is 26.5. The van der Waals surface area contributed by atoms with Gasteiger partial charge in [0.2, 0.25) is 0 Å². The Morgan fingerprint density at radius 1 is 0.649 bits per heavy atom. The minimum absolute atomic E-state index is 0.0311. The quantitative estimate of drug-likeness (QED) is 0.273. The molecule has 4 rings (SSSR count). The SMILES string of the molecule is CCC(C)(C)c1ccc(-c2nc(-c3ccccc3)c(-c3ccc(C(C)(C)C)cc3)[nH]2)c(C(C)(C)CC)c1. The number of nitrogens with zero attached hydrogens (tertiary/aromatic N) is 1. The average molecular weight is 493 g/mol. The number of nitrogens with one attached hydrogen (secondary N) is 1. The molecule has 1 aromatic heterocycles. The van der Waals surface area contributed by atoms with Crippen molar-refractivity contribution in [3.8, 4) is 33.9 Å². The van der Waals surface area contributed by atoms with Crippen LogP contribution in [-0.4, -0.2) is 9.97 Å². The molecule has 4 aromatic rings. The molecule has 0 radical (unpaired) electrons. The van der Waals surface area contributed by atoms with E-state index < -0.39 is 0 Å². The first-order valence-electron chi connectivity index (χ1n) is 13.8. The number of hydrogen-bond acceptors (Lipinski definition) is 1. The van der Waals surface area contributed by atoms with Gasteiger partial charge in [0.1, 0.15) is 5.82 Å². The molecule has 194 valence electrons. The number of H-pyrrole nitrogens is 1. The first-order valence-corrected chi connectivity index (χ1v) is 13.8. The number of aromatic nitrogens is 2. The Morgan fingerprint density at radius 3 is 1.81 bits per heavy atom. The summed E-state index contributed by atoms with van der Waals surface area (Å²) in [5.74, 6) is 0.936. The molecule has 0 unspecified atom stereocenters. The van der Waals surface area contributed by atoms with E-state index in [0.717, 1.165) is 41.2 Å². The molecule has 0 aliphatic rings. The second-order valence-corrected chi connectivity index (χ2v) is 12.7. The van der Waals surface area contributed by atoms with Crippen LogP contribution >= 0.6 is 0 Å². The Kier molecular flexibility index (Phi) is 7.25. The van der Waals surface area contributed by atoms with Gasteiger partial charge in [0, 0.05) is 16.7 Å². The lowest BCUT2D eigenvalue weighted by Crippen LogP contribution is -2.21. The number of imidazole rings is 1. The first kappa shape index (κ1) is 26.9. The molecule has 0 aliphatic heterocycles. The highest BCUT2D eigenvalue weighted by molar-refractivity contribution is 5.82. The molecule has 0 saturated heterocycles. The summed E-state index contributed by atoms with van der Waals surface area (Å²) in [5, 5.41) is 0. The number of rotatable bonds is 7. The second-order valence-electron chi connectivity index (χ2n) is 12.7.